The Kier molecular flexibility index (Phi) is 6.40. The summed E-state index contributed by atoms with van der Waals surface area (Å²) in [5.74, 6) is -0.195. The quantitative estimate of drug-likeness (QED) is 0.398. The summed E-state index contributed by atoms with van der Waals surface area (Å²) >= 11 is 0. The number of rotatable bonds is 8. The number of sulfonamides is 1. The molecule has 0 radical (unpaired) electrons. The third-order valence-corrected chi connectivity index (χ3v) is 5.31. The van der Waals surface area contributed by atoms with Crippen molar-refractivity contribution in [2.24, 2.45) is 0 Å². The Morgan fingerprint density at radius 1 is 1.13 bits per heavy atom. The topological polar surface area (TPSA) is 153 Å². The van der Waals surface area contributed by atoms with E-state index in [-0.39, 0.29) is 23.1 Å². The predicted molar refractivity (Wildman–Crippen MR) is 111 cm³/mol. The second-order valence-corrected chi connectivity index (χ2v) is 7.93. The van der Waals surface area contributed by atoms with Crippen LogP contribution in [0.1, 0.15) is 5.56 Å². The van der Waals surface area contributed by atoms with E-state index in [1.54, 1.807) is 13.0 Å². The molecule has 1 aromatic heterocycles. The summed E-state index contributed by atoms with van der Waals surface area (Å²) in [5, 5.41) is 13.3. The van der Waals surface area contributed by atoms with Crippen molar-refractivity contribution in [1.29, 1.82) is 0 Å². The standard InChI is InChI=1S/C19H17N5O6S/c1-13-11-15(24(26)27)5-8-17(13)30-12-18(25)22-14-3-6-16(7-4-14)31(28,29)23-19-20-9-2-10-21-19/h2-11H,12H2,1H3,(H,22,25)(H,20,21,23). The van der Waals surface area contributed by atoms with Gasteiger partial charge in [0.25, 0.3) is 21.6 Å². The minimum Gasteiger partial charge on any atom is -0.483 e. The number of hydrogen-bond acceptors (Lipinski definition) is 8. The zero-order valence-corrected chi connectivity index (χ0v) is 17.0. The van der Waals surface area contributed by atoms with Gasteiger partial charge in [-0.3, -0.25) is 14.9 Å². The van der Waals surface area contributed by atoms with Crippen LogP contribution in [0, 0.1) is 17.0 Å². The average Bonchev–Trinajstić information content (AvgIpc) is 2.73. The monoisotopic (exact) mass is 443 g/mol. The van der Waals surface area contributed by atoms with Crippen molar-refractivity contribution in [3.05, 3.63) is 76.6 Å². The van der Waals surface area contributed by atoms with Gasteiger partial charge in [0.1, 0.15) is 5.75 Å². The zero-order chi connectivity index (χ0) is 22.4. The van der Waals surface area contributed by atoms with Gasteiger partial charge in [-0.15, -0.1) is 0 Å². The van der Waals surface area contributed by atoms with E-state index in [0.29, 0.717) is 17.0 Å². The van der Waals surface area contributed by atoms with E-state index in [1.807, 2.05) is 0 Å². The van der Waals surface area contributed by atoms with Crippen molar-refractivity contribution < 1.29 is 22.9 Å². The number of amides is 1. The maximum absolute atomic E-state index is 12.4. The molecule has 0 saturated carbocycles. The van der Waals surface area contributed by atoms with Crippen LogP contribution in [0.25, 0.3) is 0 Å². The molecule has 3 aromatic rings. The summed E-state index contributed by atoms with van der Waals surface area (Å²) in [6.07, 6.45) is 2.81. The first-order valence-electron chi connectivity index (χ1n) is 8.82. The fourth-order valence-corrected chi connectivity index (χ4v) is 3.46. The minimum atomic E-state index is -3.88. The van der Waals surface area contributed by atoms with Crippen LogP contribution in [0.15, 0.2) is 65.8 Å². The number of aromatic nitrogens is 2. The van der Waals surface area contributed by atoms with E-state index in [4.69, 9.17) is 4.74 Å². The van der Waals surface area contributed by atoms with Crippen LogP contribution in [0.3, 0.4) is 0 Å². The van der Waals surface area contributed by atoms with E-state index < -0.39 is 20.9 Å². The Morgan fingerprint density at radius 2 is 1.81 bits per heavy atom. The molecular formula is C19H17N5O6S. The van der Waals surface area contributed by atoms with E-state index >= 15 is 0 Å². The van der Waals surface area contributed by atoms with Crippen LogP contribution < -0.4 is 14.8 Å². The van der Waals surface area contributed by atoms with Gasteiger partial charge in [0.15, 0.2) is 6.61 Å². The number of ether oxygens (including phenoxy) is 1. The molecule has 2 aromatic carbocycles. The number of nitrogens with one attached hydrogen (secondary N) is 2. The molecule has 0 bridgehead atoms. The molecule has 0 aliphatic rings. The van der Waals surface area contributed by atoms with Gasteiger partial charge >= 0.3 is 0 Å². The molecular weight excluding hydrogens is 426 g/mol. The highest BCUT2D eigenvalue weighted by Gasteiger charge is 2.16. The second kappa shape index (κ2) is 9.17. The van der Waals surface area contributed by atoms with E-state index in [2.05, 4.69) is 20.0 Å². The first-order valence-corrected chi connectivity index (χ1v) is 10.3. The van der Waals surface area contributed by atoms with Crippen molar-refractivity contribution in [2.75, 3.05) is 16.6 Å². The van der Waals surface area contributed by atoms with Crippen LogP contribution in [-0.2, 0) is 14.8 Å². The van der Waals surface area contributed by atoms with Crippen molar-refractivity contribution in [1.82, 2.24) is 9.97 Å². The molecule has 0 fully saturated rings. The summed E-state index contributed by atoms with van der Waals surface area (Å²) in [4.78, 5) is 29.9. The molecule has 31 heavy (non-hydrogen) atoms. The lowest BCUT2D eigenvalue weighted by molar-refractivity contribution is -0.384. The summed E-state index contributed by atoms with van der Waals surface area (Å²) in [6, 6.07) is 11.1. The molecule has 0 atom stereocenters. The van der Waals surface area contributed by atoms with Gasteiger partial charge in [-0.2, -0.15) is 0 Å². The number of aryl methyl sites for hydroxylation is 1. The molecule has 0 aliphatic carbocycles. The highest BCUT2D eigenvalue weighted by Crippen LogP contribution is 2.23. The number of anilines is 2. The number of carbonyl (C=O) groups is 1. The summed E-state index contributed by atoms with van der Waals surface area (Å²) in [7, 11) is -3.88. The lowest BCUT2D eigenvalue weighted by Gasteiger charge is -2.10. The third-order valence-electron chi connectivity index (χ3n) is 3.97. The van der Waals surface area contributed by atoms with E-state index in [0.717, 1.165) is 0 Å². The molecule has 0 unspecified atom stereocenters. The number of nitro benzene ring substituents is 1. The number of non-ortho nitro benzene ring substituents is 1. The molecule has 1 amide bonds. The van der Waals surface area contributed by atoms with E-state index in [9.17, 15) is 23.3 Å². The highest BCUT2D eigenvalue weighted by molar-refractivity contribution is 7.92. The maximum atomic E-state index is 12.4. The lowest BCUT2D eigenvalue weighted by Crippen LogP contribution is -2.20. The predicted octanol–water partition coefficient (Wildman–Crippen LogP) is 2.51. The molecule has 0 saturated heterocycles. The molecule has 12 heteroatoms. The SMILES string of the molecule is Cc1cc([N+](=O)[O-])ccc1OCC(=O)Nc1ccc(S(=O)(=O)Nc2ncccn2)cc1. The number of nitro groups is 1. The molecule has 11 nitrogen and oxygen atoms in total. The van der Waals surface area contributed by atoms with Gasteiger partial charge in [0, 0.05) is 30.2 Å². The maximum Gasteiger partial charge on any atom is 0.269 e. The number of carbonyl (C=O) groups excluding carboxylic acids is 1. The van der Waals surface area contributed by atoms with Crippen LogP contribution >= 0.6 is 0 Å². The lowest BCUT2D eigenvalue weighted by atomic mass is 10.2. The Hall–Kier alpha value is -4.06. The number of benzene rings is 2. The molecule has 2 N–H and O–H groups in total. The van der Waals surface area contributed by atoms with Gasteiger partial charge in [-0.05, 0) is 48.9 Å². The zero-order valence-electron chi connectivity index (χ0n) is 16.2. The average molecular weight is 443 g/mol. The van der Waals surface area contributed by atoms with Crippen molar-refractivity contribution in [2.45, 2.75) is 11.8 Å². The van der Waals surface area contributed by atoms with Crippen molar-refractivity contribution >= 4 is 33.3 Å². The second-order valence-electron chi connectivity index (χ2n) is 6.25. The van der Waals surface area contributed by atoms with Gasteiger partial charge < -0.3 is 10.1 Å². The molecule has 0 spiro atoms. The highest BCUT2D eigenvalue weighted by atomic mass is 32.2. The van der Waals surface area contributed by atoms with Gasteiger partial charge in [0.05, 0.1) is 9.82 Å². The normalized spacial score (nSPS) is 10.9. The first kappa shape index (κ1) is 21.6. The van der Waals surface area contributed by atoms with E-state index in [1.165, 1.54) is 54.9 Å². The third kappa shape index (κ3) is 5.73. The van der Waals surface area contributed by atoms with Crippen LogP contribution in [0.2, 0.25) is 0 Å². The summed E-state index contributed by atoms with van der Waals surface area (Å²) in [5.41, 5.74) is 0.813. The Labute approximate surface area is 177 Å². The minimum absolute atomic E-state index is 0.0318. The van der Waals surface area contributed by atoms with Crippen LogP contribution in [-0.4, -0.2) is 35.8 Å². The molecule has 160 valence electrons. The van der Waals surface area contributed by atoms with Crippen molar-refractivity contribution in [3.8, 4) is 5.75 Å². The van der Waals surface area contributed by atoms with Gasteiger partial charge in [-0.25, -0.2) is 23.1 Å². The Bertz CT molecular complexity index is 1200. The number of nitrogens with zero attached hydrogens (tertiary/aromatic N) is 3. The fourth-order valence-electron chi connectivity index (χ4n) is 2.50. The Morgan fingerprint density at radius 3 is 2.42 bits per heavy atom. The fraction of sp³-hybridized carbons (Fsp3) is 0.105. The first-order chi connectivity index (χ1) is 14.7. The van der Waals surface area contributed by atoms with Gasteiger partial charge in [0.2, 0.25) is 5.95 Å². The smallest absolute Gasteiger partial charge is 0.269 e. The largest absolute Gasteiger partial charge is 0.483 e. The molecule has 1 heterocycles. The van der Waals surface area contributed by atoms with Gasteiger partial charge in [-0.1, -0.05) is 0 Å². The molecule has 0 aliphatic heterocycles. The van der Waals surface area contributed by atoms with Crippen LogP contribution in [0.4, 0.5) is 17.3 Å². The summed E-state index contributed by atoms with van der Waals surface area (Å²) in [6.45, 7) is 1.31. The summed E-state index contributed by atoms with van der Waals surface area (Å²) < 4.78 is 32.3. The van der Waals surface area contributed by atoms with Crippen LogP contribution in [0.5, 0.6) is 5.75 Å². The Balaban J connectivity index is 1.58. The van der Waals surface area contributed by atoms with Crippen molar-refractivity contribution in [3.63, 3.8) is 0 Å². The number of hydrogen-bond donors (Lipinski definition) is 2. The molecule has 3 rings (SSSR count).